The zero-order valence-electron chi connectivity index (χ0n) is 12.4. The SMILES string of the molecule is CCCOc1cc(NC(C)(C)C)nc(C(C)C)n1. The summed E-state index contributed by atoms with van der Waals surface area (Å²) in [4.78, 5) is 8.95. The van der Waals surface area contributed by atoms with Gasteiger partial charge in [0.25, 0.3) is 0 Å². The first-order valence-corrected chi connectivity index (χ1v) is 6.62. The fraction of sp³-hybridized carbons (Fsp3) is 0.714. The van der Waals surface area contributed by atoms with Crippen molar-refractivity contribution in [1.29, 1.82) is 0 Å². The predicted octanol–water partition coefficient (Wildman–Crippen LogP) is 3.60. The molecule has 0 spiro atoms. The predicted molar refractivity (Wildman–Crippen MR) is 75.3 cm³/mol. The van der Waals surface area contributed by atoms with Crippen molar-refractivity contribution >= 4 is 5.82 Å². The van der Waals surface area contributed by atoms with Crippen molar-refractivity contribution in [3.8, 4) is 5.88 Å². The Labute approximate surface area is 110 Å². The van der Waals surface area contributed by atoms with Crippen LogP contribution in [-0.2, 0) is 0 Å². The van der Waals surface area contributed by atoms with Crippen LogP contribution in [0.1, 0.15) is 59.7 Å². The Morgan fingerprint density at radius 1 is 1.28 bits per heavy atom. The maximum atomic E-state index is 5.61. The molecule has 4 heteroatoms. The highest BCUT2D eigenvalue weighted by molar-refractivity contribution is 5.40. The molecule has 1 aromatic heterocycles. The minimum Gasteiger partial charge on any atom is -0.478 e. The van der Waals surface area contributed by atoms with Crippen LogP contribution in [0.3, 0.4) is 0 Å². The van der Waals surface area contributed by atoms with Gasteiger partial charge in [-0.1, -0.05) is 20.8 Å². The van der Waals surface area contributed by atoms with Crippen LogP contribution in [0.2, 0.25) is 0 Å². The summed E-state index contributed by atoms with van der Waals surface area (Å²) in [5.41, 5.74) is -0.0232. The molecule has 1 rings (SSSR count). The van der Waals surface area contributed by atoms with Gasteiger partial charge in [-0.2, -0.15) is 4.98 Å². The highest BCUT2D eigenvalue weighted by Crippen LogP contribution is 2.21. The monoisotopic (exact) mass is 251 g/mol. The third-order valence-electron chi connectivity index (χ3n) is 2.19. The van der Waals surface area contributed by atoms with Crippen molar-refractivity contribution in [3.05, 3.63) is 11.9 Å². The van der Waals surface area contributed by atoms with Crippen molar-refractivity contribution in [1.82, 2.24) is 9.97 Å². The normalized spacial score (nSPS) is 11.7. The third kappa shape index (κ3) is 4.90. The molecular weight excluding hydrogens is 226 g/mol. The second-order valence-corrected chi connectivity index (χ2v) is 5.83. The van der Waals surface area contributed by atoms with E-state index in [0.29, 0.717) is 12.5 Å². The summed E-state index contributed by atoms with van der Waals surface area (Å²) in [5, 5.41) is 3.36. The number of nitrogens with zero attached hydrogens (tertiary/aromatic N) is 2. The average Bonchev–Trinajstić information content (AvgIpc) is 2.23. The molecule has 0 aliphatic heterocycles. The molecule has 1 aromatic rings. The highest BCUT2D eigenvalue weighted by atomic mass is 16.5. The van der Waals surface area contributed by atoms with Crippen LogP contribution in [0.5, 0.6) is 5.88 Å². The van der Waals surface area contributed by atoms with E-state index in [2.05, 4.69) is 56.8 Å². The maximum Gasteiger partial charge on any atom is 0.218 e. The van der Waals surface area contributed by atoms with E-state index in [0.717, 1.165) is 18.1 Å². The topological polar surface area (TPSA) is 47.0 Å². The van der Waals surface area contributed by atoms with Crippen LogP contribution in [0, 0.1) is 0 Å². The quantitative estimate of drug-likeness (QED) is 0.868. The summed E-state index contributed by atoms with van der Waals surface area (Å²) in [6.07, 6.45) is 0.975. The van der Waals surface area contributed by atoms with Crippen molar-refractivity contribution in [2.75, 3.05) is 11.9 Å². The Bertz CT molecular complexity index is 383. The summed E-state index contributed by atoms with van der Waals surface area (Å²) >= 11 is 0. The fourth-order valence-corrected chi connectivity index (χ4v) is 1.43. The van der Waals surface area contributed by atoms with E-state index in [1.54, 1.807) is 0 Å². The molecule has 0 amide bonds. The van der Waals surface area contributed by atoms with Gasteiger partial charge < -0.3 is 10.1 Å². The van der Waals surface area contributed by atoms with E-state index in [4.69, 9.17) is 4.74 Å². The number of hydrogen-bond acceptors (Lipinski definition) is 4. The standard InChI is InChI=1S/C14H25N3O/c1-7-8-18-12-9-11(17-14(4,5)6)15-13(16-12)10(2)3/h9-10H,7-8H2,1-6H3,(H,15,16,17). The lowest BCUT2D eigenvalue weighted by atomic mass is 10.1. The largest absolute Gasteiger partial charge is 0.478 e. The lowest BCUT2D eigenvalue weighted by Gasteiger charge is -2.22. The first-order valence-electron chi connectivity index (χ1n) is 6.62. The summed E-state index contributed by atoms with van der Waals surface area (Å²) in [5.74, 6) is 2.58. The molecule has 0 bridgehead atoms. The maximum absolute atomic E-state index is 5.61. The third-order valence-corrected chi connectivity index (χ3v) is 2.19. The second-order valence-electron chi connectivity index (χ2n) is 5.83. The van der Waals surface area contributed by atoms with Gasteiger partial charge in [0.15, 0.2) is 0 Å². The molecule has 1 heterocycles. The molecule has 0 fully saturated rings. The molecule has 18 heavy (non-hydrogen) atoms. The molecule has 0 saturated carbocycles. The average molecular weight is 251 g/mol. The number of hydrogen-bond donors (Lipinski definition) is 1. The van der Waals surface area contributed by atoms with Crippen LogP contribution in [0.15, 0.2) is 6.07 Å². The van der Waals surface area contributed by atoms with Crippen LogP contribution in [0.25, 0.3) is 0 Å². The number of anilines is 1. The molecule has 0 unspecified atom stereocenters. The summed E-state index contributed by atoms with van der Waals surface area (Å²) in [6, 6.07) is 1.87. The number of ether oxygens (including phenoxy) is 1. The van der Waals surface area contributed by atoms with E-state index in [1.807, 2.05) is 6.07 Å². The van der Waals surface area contributed by atoms with Gasteiger partial charge in [-0.3, -0.25) is 0 Å². The first-order chi connectivity index (χ1) is 8.31. The Balaban J connectivity index is 2.98. The molecular formula is C14H25N3O. The smallest absolute Gasteiger partial charge is 0.218 e. The van der Waals surface area contributed by atoms with Crippen LogP contribution >= 0.6 is 0 Å². The Hall–Kier alpha value is -1.32. The second kappa shape index (κ2) is 6.03. The Morgan fingerprint density at radius 2 is 1.94 bits per heavy atom. The van der Waals surface area contributed by atoms with E-state index in [9.17, 15) is 0 Å². The van der Waals surface area contributed by atoms with Gasteiger partial charge in [-0.05, 0) is 27.2 Å². The molecule has 102 valence electrons. The van der Waals surface area contributed by atoms with Gasteiger partial charge in [-0.15, -0.1) is 0 Å². The van der Waals surface area contributed by atoms with E-state index in [-0.39, 0.29) is 11.5 Å². The highest BCUT2D eigenvalue weighted by Gasteiger charge is 2.14. The Kier molecular flexibility index (Phi) is 4.93. The van der Waals surface area contributed by atoms with E-state index >= 15 is 0 Å². The van der Waals surface area contributed by atoms with Gasteiger partial charge in [0.05, 0.1) is 6.61 Å². The van der Waals surface area contributed by atoms with E-state index in [1.165, 1.54) is 0 Å². The van der Waals surface area contributed by atoms with Crippen LogP contribution < -0.4 is 10.1 Å². The molecule has 0 aliphatic carbocycles. The molecule has 0 radical (unpaired) electrons. The first kappa shape index (κ1) is 14.7. The minimum atomic E-state index is -0.0232. The number of nitrogens with one attached hydrogen (secondary N) is 1. The van der Waals surface area contributed by atoms with E-state index < -0.39 is 0 Å². The zero-order chi connectivity index (χ0) is 13.8. The van der Waals surface area contributed by atoms with Gasteiger partial charge in [-0.25, -0.2) is 4.98 Å². The molecule has 0 atom stereocenters. The van der Waals surface area contributed by atoms with Crippen LogP contribution in [0.4, 0.5) is 5.82 Å². The van der Waals surface area contributed by atoms with Crippen LogP contribution in [-0.4, -0.2) is 22.1 Å². The molecule has 0 aromatic carbocycles. The lowest BCUT2D eigenvalue weighted by molar-refractivity contribution is 0.303. The molecule has 0 aliphatic rings. The Morgan fingerprint density at radius 3 is 2.44 bits per heavy atom. The molecule has 4 nitrogen and oxygen atoms in total. The van der Waals surface area contributed by atoms with Gasteiger partial charge >= 0.3 is 0 Å². The lowest BCUT2D eigenvalue weighted by Crippen LogP contribution is -2.27. The van der Waals surface area contributed by atoms with Crippen molar-refractivity contribution in [3.63, 3.8) is 0 Å². The summed E-state index contributed by atoms with van der Waals surface area (Å²) in [6.45, 7) is 13.3. The number of aromatic nitrogens is 2. The number of rotatable bonds is 5. The van der Waals surface area contributed by atoms with Gasteiger partial charge in [0.2, 0.25) is 5.88 Å². The fourth-order valence-electron chi connectivity index (χ4n) is 1.43. The van der Waals surface area contributed by atoms with Crippen molar-refractivity contribution < 1.29 is 4.74 Å². The van der Waals surface area contributed by atoms with Crippen molar-refractivity contribution in [2.24, 2.45) is 0 Å². The minimum absolute atomic E-state index is 0.0232. The van der Waals surface area contributed by atoms with Gasteiger partial charge in [0.1, 0.15) is 11.6 Å². The summed E-state index contributed by atoms with van der Waals surface area (Å²) < 4.78 is 5.61. The van der Waals surface area contributed by atoms with Crippen molar-refractivity contribution in [2.45, 2.75) is 59.4 Å². The summed E-state index contributed by atoms with van der Waals surface area (Å²) in [7, 11) is 0. The molecule has 1 N–H and O–H groups in total. The zero-order valence-corrected chi connectivity index (χ0v) is 12.4. The van der Waals surface area contributed by atoms with Gasteiger partial charge in [0, 0.05) is 17.5 Å². The molecule has 0 saturated heterocycles.